The molecule has 8 heteroatoms. The number of methoxy groups -OCH3 is 1. The molecule has 0 heterocycles. The predicted octanol–water partition coefficient (Wildman–Crippen LogP) is 2.43. The zero-order chi connectivity index (χ0) is 21.0. The first kappa shape index (κ1) is 20.9. The summed E-state index contributed by atoms with van der Waals surface area (Å²) in [5.74, 6) is -0.898. The van der Waals surface area contributed by atoms with Crippen LogP contribution in [-0.4, -0.2) is 40.2 Å². The second kappa shape index (κ2) is 8.65. The first-order valence-electron chi connectivity index (χ1n) is 9.33. The summed E-state index contributed by atoms with van der Waals surface area (Å²) in [6, 6.07) is 13.7. The molecule has 7 nitrogen and oxygen atoms in total. The lowest BCUT2D eigenvalue weighted by atomic mass is 9.88. The largest absolute Gasteiger partial charge is 0.465 e. The average molecular weight is 416 g/mol. The fourth-order valence-electron chi connectivity index (χ4n) is 3.56. The molecule has 1 amide bonds. The Morgan fingerprint density at radius 3 is 2.48 bits per heavy atom. The number of amides is 1. The number of esters is 1. The van der Waals surface area contributed by atoms with Gasteiger partial charge in [-0.2, -0.15) is 0 Å². The minimum absolute atomic E-state index is 0.129. The zero-order valence-corrected chi connectivity index (χ0v) is 17.2. The van der Waals surface area contributed by atoms with E-state index in [0.29, 0.717) is 11.3 Å². The molecule has 1 aliphatic rings. The van der Waals surface area contributed by atoms with Crippen LogP contribution in [0.2, 0.25) is 0 Å². The van der Waals surface area contributed by atoms with Gasteiger partial charge in [0.25, 0.3) is 0 Å². The summed E-state index contributed by atoms with van der Waals surface area (Å²) >= 11 is 0. The second-order valence-electron chi connectivity index (χ2n) is 7.02. The first-order chi connectivity index (χ1) is 13.8. The maximum absolute atomic E-state index is 12.7. The van der Waals surface area contributed by atoms with E-state index in [0.717, 1.165) is 35.4 Å². The summed E-state index contributed by atoms with van der Waals surface area (Å²) < 4.78 is 30.2. The molecule has 154 valence electrons. The van der Waals surface area contributed by atoms with Crippen molar-refractivity contribution in [3.8, 4) is 0 Å². The van der Waals surface area contributed by atoms with E-state index in [2.05, 4.69) is 16.1 Å². The number of carbonyl (C=O) groups excluding carboxylic acids is 2. The number of rotatable bonds is 6. The number of sulfonamides is 1. The predicted molar refractivity (Wildman–Crippen MR) is 110 cm³/mol. The molecule has 0 aliphatic heterocycles. The Morgan fingerprint density at radius 1 is 1.14 bits per heavy atom. The molecule has 1 aliphatic carbocycles. The number of carbonyl (C=O) groups is 2. The van der Waals surface area contributed by atoms with Crippen molar-refractivity contribution in [1.29, 1.82) is 0 Å². The van der Waals surface area contributed by atoms with Crippen molar-refractivity contribution in [1.82, 2.24) is 5.32 Å². The number of hydrogen-bond donors (Lipinski definition) is 1. The number of benzene rings is 2. The van der Waals surface area contributed by atoms with E-state index in [9.17, 15) is 18.0 Å². The summed E-state index contributed by atoms with van der Waals surface area (Å²) in [4.78, 5) is 24.3. The normalized spacial score (nSPS) is 15.9. The average Bonchev–Trinajstić information content (AvgIpc) is 2.71. The SMILES string of the molecule is COC(=O)c1ccc(N(CC(=O)NC2CCCc3ccccc32)S(C)(=O)=O)cc1. The van der Waals surface area contributed by atoms with Crippen molar-refractivity contribution >= 4 is 27.6 Å². The molecule has 0 aromatic heterocycles. The third-order valence-electron chi connectivity index (χ3n) is 4.97. The molecule has 0 saturated heterocycles. The Kier molecular flexibility index (Phi) is 6.22. The summed E-state index contributed by atoms with van der Waals surface area (Å²) in [6.07, 6.45) is 3.80. The van der Waals surface area contributed by atoms with Crippen LogP contribution in [0.4, 0.5) is 5.69 Å². The minimum Gasteiger partial charge on any atom is -0.465 e. The van der Waals surface area contributed by atoms with E-state index in [1.807, 2.05) is 18.2 Å². The fourth-order valence-corrected chi connectivity index (χ4v) is 4.41. The smallest absolute Gasteiger partial charge is 0.337 e. The van der Waals surface area contributed by atoms with E-state index in [1.54, 1.807) is 0 Å². The number of nitrogens with one attached hydrogen (secondary N) is 1. The van der Waals surface area contributed by atoms with Crippen LogP contribution in [-0.2, 0) is 26.0 Å². The van der Waals surface area contributed by atoms with E-state index < -0.39 is 16.0 Å². The maximum atomic E-state index is 12.7. The quantitative estimate of drug-likeness (QED) is 0.730. The van der Waals surface area contributed by atoms with Gasteiger partial charge in [-0.05, 0) is 54.7 Å². The van der Waals surface area contributed by atoms with Crippen LogP contribution < -0.4 is 9.62 Å². The van der Waals surface area contributed by atoms with Crippen LogP contribution in [0.15, 0.2) is 48.5 Å². The molecule has 0 saturated carbocycles. The van der Waals surface area contributed by atoms with Gasteiger partial charge < -0.3 is 10.1 Å². The summed E-state index contributed by atoms with van der Waals surface area (Å²) in [7, 11) is -2.43. The highest BCUT2D eigenvalue weighted by atomic mass is 32.2. The highest BCUT2D eigenvalue weighted by molar-refractivity contribution is 7.92. The maximum Gasteiger partial charge on any atom is 0.337 e. The molecule has 0 radical (unpaired) electrons. The van der Waals surface area contributed by atoms with Gasteiger partial charge in [-0.1, -0.05) is 24.3 Å². The molecule has 3 rings (SSSR count). The van der Waals surface area contributed by atoms with Gasteiger partial charge in [0.05, 0.1) is 30.7 Å². The van der Waals surface area contributed by atoms with Gasteiger partial charge in [0.15, 0.2) is 0 Å². The molecule has 2 aromatic rings. The van der Waals surface area contributed by atoms with Gasteiger partial charge in [0.1, 0.15) is 6.54 Å². The highest BCUT2D eigenvalue weighted by Crippen LogP contribution is 2.29. The Bertz CT molecular complexity index is 1000. The van der Waals surface area contributed by atoms with Crippen molar-refractivity contribution in [2.24, 2.45) is 0 Å². The molecule has 2 aromatic carbocycles. The van der Waals surface area contributed by atoms with E-state index >= 15 is 0 Å². The summed E-state index contributed by atoms with van der Waals surface area (Å²) in [5.41, 5.74) is 2.90. The standard InChI is InChI=1S/C21H24N2O5S/c1-28-21(25)16-10-12-17(13-11-16)23(29(2,26)27)14-20(24)22-19-9-5-7-15-6-3-4-8-18(15)19/h3-4,6,8,10-13,19H,5,7,9,14H2,1-2H3,(H,22,24). The van der Waals surface area contributed by atoms with Crippen LogP contribution in [0, 0.1) is 0 Å². The van der Waals surface area contributed by atoms with Crippen molar-refractivity contribution in [2.75, 3.05) is 24.2 Å². The van der Waals surface area contributed by atoms with E-state index in [-0.39, 0.29) is 18.5 Å². The summed E-state index contributed by atoms with van der Waals surface area (Å²) in [5, 5.41) is 2.97. The van der Waals surface area contributed by atoms with Crippen LogP contribution in [0.5, 0.6) is 0 Å². The molecule has 1 atom stereocenters. The number of ether oxygens (including phenoxy) is 1. The number of hydrogen-bond acceptors (Lipinski definition) is 5. The van der Waals surface area contributed by atoms with Crippen LogP contribution >= 0.6 is 0 Å². The molecular weight excluding hydrogens is 392 g/mol. The lowest BCUT2D eigenvalue weighted by molar-refractivity contribution is -0.120. The Hall–Kier alpha value is -2.87. The third kappa shape index (κ3) is 4.95. The Morgan fingerprint density at radius 2 is 1.83 bits per heavy atom. The fraction of sp³-hybridized carbons (Fsp3) is 0.333. The topological polar surface area (TPSA) is 92.8 Å². The van der Waals surface area contributed by atoms with Crippen molar-refractivity contribution in [3.05, 3.63) is 65.2 Å². The third-order valence-corrected chi connectivity index (χ3v) is 6.11. The molecule has 0 bridgehead atoms. The van der Waals surface area contributed by atoms with Crippen LogP contribution in [0.1, 0.15) is 40.4 Å². The Balaban J connectivity index is 1.76. The van der Waals surface area contributed by atoms with Gasteiger partial charge in [0, 0.05) is 0 Å². The molecule has 1 N–H and O–H groups in total. The van der Waals surface area contributed by atoms with E-state index in [4.69, 9.17) is 0 Å². The minimum atomic E-state index is -3.70. The van der Waals surface area contributed by atoms with Gasteiger partial charge in [-0.25, -0.2) is 13.2 Å². The van der Waals surface area contributed by atoms with Gasteiger partial charge in [-0.15, -0.1) is 0 Å². The number of fused-ring (bicyclic) bond motifs is 1. The molecule has 0 fully saturated rings. The number of nitrogens with zero attached hydrogens (tertiary/aromatic N) is 1. The van der Waals surface area contributed by atoms with Gasteiger partial charge in [0.2, 0.25) is 15.9 Å². The molecule has 29 heavy (non-hydrogen) atoms. The number of anilines is 1. The number of aryl methyl sites for hydroxylation is 1. The lowest BCUT2D eigenvalue weighted by Gasteiger charge is -2.28. The molecule has 0 spiro atoms. The van der Waals surface area contributed by atoms with Crippen molar-refractivity contribution in [2.45, 2.75) is 25.3 Å². The monoisotopic (exact) mass is 416 g/mol. The second-order valence-corrected chi connectivity index (χ2v) is 8.93. The lowest BCUT2D eigenvalue weighted by Crippen LogP contribution is -2.42. The zero-order valence-electron chi connectivity index (χ0n) is 16.4. The highest BCUT2D eigenvalue weighted by Gasteiger charge is 2.25. The molecule has 1 unspecified atom stereocenters. The van der Waals surface area contributed by atoms with E-state index in [1.165, 1.54) is 36.9 Å². The van der Waals surface area contributed by atoms with Crippen LogP contribution in [0.3, 0.4) is 0 Å². The van der Waals surface area contributed by atoms with Crippen LogP contribution in [0.25, 0.3) is 0 Å². The van der Waals surface area contributed by atoms with Gasteiger partial charge in [-0.3, -0.25) is 9.10 Å². The first-order valence-corrected chi connectivity index (χ1v) is 11.2. The summed E-state index contributed by atoms with van der Waals surface area (Å²) in [6.45, 7) is -0.338. The van der Waals surface area contributed by atoms with Crippen molar-refractivity contribution in [3.63, 3.8) is 0 Å². The van der Waals surface area contributed by atoms with Crippen molar-refractivity contribution < 1.29 is 22.7 Å². The Labute approximate surface area is 170 Å². The van der Waals surface area contributed by atoms with Gasteiger partial charge >= 0.3 is 5.97 Å². The molecular formula is C21H24N2O5S.